The molecule has 0 aliphatic heterocycles. The lowest BCUT2D eigenvalue weighted by Gasteiger charge is -2.10. The molecule has 1 amide bonds. The Morgan fingerprint density at radius 2 is 2.10 bits per heavy atom. The molecule has 1 rings (SSSR count). The van der Waals surface area contributed by atoms with Gasteiger partial charge in [-0.2, -0.15) is 11.8 Å². The maximum absolute atomic E-state index is 11.8. The van der Waals surface area contributed by atoms with Crippen LogP contribution < -0.4 is 5.32 Å². The van der Waals surface area contributed by atoms with Crippen LogP contribution in [0.25, 0.3) is 0 Å². The predicted molar refractivity (Wildman–Crippen MR) is 83.4 cm³/mol. The van der Waals surface area contributed by atoms with Gasteiger partial charge in [-0.1, -0.05) is 25.0 Å². The van der Waals surface area contributed by atoms with Gasteiger partial charge in [0.2, 0.25) is 5.91 Å². The summed E-state index contributed by atoms with van der Waals surface area (Å²) in [7, 11) is 1.33. The molecule has 0 aliphatic rings. The first-order chi connectivity index (χ1) is 9.58. The molecule has 1 N–H and O–H groups in total. The van der Waals surface area contributed by atoms with Crippen molar-refractivity contribution in [2.24, 2.45) is 0 Å². The molecule has 0 heterocycles. The number of hydrogen-bond acceptors (Lipinski definition) is 4. The first kappa shape index (κ1) is 16.6. The van der Waals surface area contributed by atoms with Gasteiger partial charge in [0, 0.05) is 0 Å². The van der Waals surface area contributed by atoms with Crippen LogP contribution in [-0.2, 0) is 9.53 Å². The van der Waals surface area contributed by atoms with Crippen molar-refractivity contribution in [2.45, 2.75) is 26.7 Å². The van der Waals surface area contributed by atoms with Gasteiger partial charge in [0.15, 0.2) is 0 Å². The number of esters is 1. The van der Waals surface area contributed by atoms with Gasteiger partial charge in [0.25, 0.3) is 0 Å². The average Bonchev–Trinajstić information content (AvgIpc) is 2.44. The smallest absolute Gasteiger partial charge is 0.339 e. The topological polar surface area (TPSA) is 55.4 Å². The van der Waals surface area contributed by atoms with Crippen LogP contribution in [0.5, 0.6) is 0 Å². The minimum atomic E-state index is -0.442. The molecule has 20 heavy (non-hydrogen) atoms. The van der Waals surface area contributed by atoms with E-state index in [0.29, 0.717) is 17.0 Å². The van der Waals surface area contributed by atoms with E-state index in [2.05, 4.69) is 12.2 Å². The van der Waals surface area contributed by atoms with Gasteiger partial charge in [0.1, 0.15) is 0 Å². The lowest BCUT2D eigenvalue weighted by Crippen LogP contribution is -2.17. The highest BCUT2D eigenvalue weighted by Crippen LogP contribution is 2.19. The number of ether oxygens (including phenoxy) is 1. The van der Waals surface area contributed by atoms with Crippen molar-refractivity contribution >= 4 is 29.3 Å². The summed E-state index contributed by atoms with van der Waals surface area (Å²) in [5, 5.41) is 2.77. The molecular weight excluding hydrogens is 274 g/mol. The van der Waals surface area contributed by atoms with E-state index in [1.807, 2.05) is 13.0 Å². The summed E-state index contributed by atoms with van der Waals surface area (Å²) in [5.41, 5.74) is 1.84. The van der Waals surface area contributed by atoms with Crippen LogP contribution in [0.2, 0.25) is 0 Å². The fourth-order valence-electron chi connectivity index (χ4n) is 1.64. The summed E-state index contributed by atoms with van der Waals surface area (Å²) in [6.45, 7) is 4.01. The zero-order valence-corrected chi connectivity index (χ0v) is 13.0. The molecule has 5 heteroatoms. The molecule has 0 fully saturated rings. The van der Waals surface area contributed by atoms with Gasteiger partial charge < -0.3 is 10.1 Å². The van der Waals surface area contributed by atoms with Gasteiger partial charge in [-0.15, -0.1) is 0 Å². The van der Waals surface area contributed by atoms with Crippen LogP contribution in [0.1, 0.15) is 35.7 Å². The molecule has 0 saturated heterocycles. The molecule has 0 atom stereocenters. The second-order valence-electron chi connectivity index (χ2n) is 4.49. The molecule has 0 spiro atoms. The van der Waals surface area contributed by atoms with E-state index < -0.39 is 5.97 Å². The Kier molecular flexibility index (Phi) is 7.15. The number of carbonyl (C=O) groups excluding carboxylic acids is 2. The summed E-state index contributed by atoms with van der Waals surface area (Å²) in [6, 6.07) is 5.30. The first-order valence-electron chi connectivity index (χ1n) is 6.65. The molecule has 0 aromatic heterocycles. The van der Waals surface area contributed by atoms with E-state index in [9.17, 15) is 9.59 Å². The standard InChI is InChI=1S/C15H21NO3S/c1-4-5-8-20-10-14(17)16-13-7-6-11(2)9-12(13)15(18)19-3/h6-7,9H,4-5,8,10H2,1-3H3,(H,16,17). The summed E-state index contributed by atoms with van der Waals surface area (Å²) in [6.07, 6.45) is 2.23. The quantitative estimate of drug-likeness (QED) is 0.619. The van der Waals surface area contributed by atoms with E-state index >= 15 is 0 Å². The Labute approximate surface area is 124 Å². The number of carbonyl (C=O) groups is 2. The number of anilines is 1. The van der Waals surface area contributed by atoms with Crippen molar-refractivity contribution in [3.63, 3.8) is 0 Å². The number of amides is 1. The highest BCUT2D eigenvalue weighted by atomic mass is 32.2. The Morgan fingerprint density at radius 1 is 1.35 bits per heavy atom. The number of nitrogens with one attached hydrogen (secondary N) is 1. The summed E-state index contributed by atoms with van der Waals surface area (Å²) >= 11 is 1.60. The maximum atomic E-state index is 11.8. The average molecular weight is 295 g/mol. The van der Waals surface area contributed by atoms with Crippen molar-refractivity contribution in [1.82, 2.24) is 0 Å². The van der Waals surface area contributed by atoms with Gasteiger partial charge in [-0.25, -0.2) is 4.79 Å². The zero-order valence-electron chi connectivity index (χ0n) is 12.2. The molecule has 0 unspecified atom stereocenters. The van der Waals surface area contributed by atoms with Crippen LogP contribution in [0.15, 0.2) is 18.2 Å². The van der Waals surface area contributed by atoms with Crippen molar-refractivity contribution in [3.8, 4) is 0 Å². The molecule has 110 valence electrons. The van der Waals surface area contributed by atoms with Gasteiger partial charge >= 0.3 is 5.97 Å². The second-order valence-corrected chi connectivity index (χ2v) is 5.60. The highest BCUT2D eigenvalue weighted by molar-refractivity contribution is 7.99. The largest absolute Gasteiger partial charge is 0.465 e. The number of benzene rings is 1. The number of aryl methyl sites for hydroxylation is 1. The van der Waals surface area contributed by atoms with Crippen molar-refractivity contribution in [3.05, 3.63) is 29.3 Å². The fourth-order valence-corrected chi connectivity index (χ4v) is 2.54. The molecule has 1 aromatic carbocycles. The van der Waals surface area contributed by atoms with Crippen LogP contribution in [0.3, 0.4) is 0 Å². The first-order valence-corrected chi connectivity index (χ1v) is 7.80. The Balaban J connectivity index is 2.67. The lowest BCUT2D eigenvalue weighted by atomic mass is 10.1. The number of hydrogen-bond donors (Lipinski definition) is 1. The molecule has 0 saturated carbocycles. The SMILES string of the molecule is CCCCSCC(=O)Nc1ccc(C)cc1C(=O)OC. The zero-order chi connectivity index (χ0) is 15.0. The predicted octanol–water partition coefficient (Wildman–Crippen LogP) is 3.25. The van der Waals surface area contributed by atoms with E-state index in [1.54, 1.807) is 23.9 Å². The van der Waals surface area contributed by atoms with Crippen molar-refractivity contribution in [2.75, 3.05) is 23.9 Å². The van der Waals surface area contributed by atoms with Crippen LogP contribution in [0, 0.1) is 6.92 Å². The molecule has 0 aliphatic carbocycles. The van der Waals surface area contributed by atoms with E-state index in [0.717, 1.165) is 24.2 Å². The normalized spacial score (nSPS) is 10.2. The highest BCUT2D eigenvalue weighted by Gasteiger charge is 2.14. The number of rotatable bonds is 7. The number of unbranched alkanes of at least 4 members (excludes halogenated alkanes) is 1. The molecule has 4 nitrogen and oxygen atoms in total. The Bertz CT molecular complexity index is 474. The second kappa shape index (κ2) is 8.64. The van der Waals surface area contributed by atoms with Gasteiger partial charge in [-0.3, -0.25) is 4.79 Å². The summed E-state index contributed by atoms with van der Waals surface area (Å²) in [4.78, 5) is 23.5. The molecule has 1 aromatic rings. The number of methoxy groups -OCH3 is 1. The minimum Gasteiger partial charge on any atom is -0.465 e. The van der Waals surface area contributed by atoms with Gasteiger partial charge in [0.05, 0.1) is 24.1 Å². The van der Waals surface area contributed by atoms with E-state index in [1.165, 1.54) is 7.11 Å². The Hall–Kier alpha value is -1.49. The summed E-state index contributed by atoms with van der Waals surface area (Å²) in [5.74, 6) is 0.832. The number of thioether (sulfide) groups is 1. The van der Waals surface area contributed by atoms with Crippen LogP contribution in [0.4, 0.5) is 5.69 Å². The summed E-state index contributed by atoms with van der Waals surface area (Å²) < 4.78 is 4.73. The van der Waals surface area contributed by atoms with Crippen molar-refractivity contribution in [1.29, 1.82) is 0 Å². The fraction of sp³-hybridized carbons (Fsp3) is 0.467. The third kappa shape index (κ3) is 5.25. The minimum absolute atomic E-state index is 0.0971. The van der Waals surface area contributed by atoms with Gasteiger partial charge in [-0.05, 0) is 31.2 Å². The van der Waals surface area contributed by atoms with E-state index in [4.69, 9.17) is 4.74 Å². The Morgan fingerprint density at radius 3 is 2.75 bits per heavy atom. The molecular formula is C15H21NO3S. The maximum Gasteiger partial charge on any atom is 0.339 e. The monoisotopic (exact) mass is 295 g/mol. The lowest BCUT2D eigenvalue weighted by molar-refractivity contribution is -0.113. The third-order valence-electron chi connectivity index (χ3n) is 2.73. The molecule has 0 bridgehead atoms. The van der Waals surface area contributed by atoms with Crippen LogP contribution >= 0.6 is 11.8 Å². The van der Waals surface area contributed by atoms with Crippen LogP contribution in [-0.4, -0.2) is 30.5 Å². The third-order valence-corrected chi connectivity index (χ3v) is 3.77. The van der Waals surface area contributed by atoms with Crippen molar-refractivity contribution < 1.29 is 14.3 Å². The molecule has 0 radical (unpaired) electrons. The van der Waals surface area contributed by atoms with E-state index in [-0.39, 0.29) is 5.91 Å².